The number of rotatable bonds is 0. The molecule has 0 heterocycles. The first kappa shape index (κ1) is 17.8. The minimum atomic E-state index is 0.379. The van der Waals surface area contributed by atoms with Crippen molar-refractivity contribution in [3.63, 3.8) is 0 Å². The molecule has 118 valence electrons. The first-order chi connectivity index (χ1) is 9.46. The van der Waals surface area contributed by atoms with Crippen LogP contribution >= 0.6 is 0 Å². The summed E-state index contributed by atoms with van der Waals surface area (Å²) in [4.78, 5) is 0. The summed E-state index contributed by atoms with van der Waals surface area (Å²) >= 11 is 0. The van der Waals surface area contributed by atoms with Gasteiger partial charge in [-0.2, -0.15) is 0 Å². The van der Waals surface area contributed by atoms with E-state index in [0.29, 0.717) is 5.41 Å². The minimum absolute atomic E-state index is 0.379. The predicted molar refractivity (Wildman–Crippen MR) is 92.1 cm³/mol. The van der Waals surface area contributed by atoms with Gasteiger partial charge >= 0.3 is 0 Å². The number of allylic oxidation sites excluding steroid dienone is 2. The van der Waals surface area contributed by atoms with Crippen molar-refractivity contribution in [1.29, 1.82) is 0 Å². The Hall–Kier alpha value is -0.260. The number of hydrogen-bond acceptors (Lipinski definition) is 0. The van der Waals surface area contributed by atoms with Crippen molar-refractivity contribution < 1.29 is 0 Å². The van der Waals surface area contributed by atoms with Gasteiger partial charge in [0, 0.05) is 0 Å². The molecule has 1 unspecified atom stereocenters. The average Bonchev–Trinajstić information content (AvgIpc) is 2.42. The van der Waals surface area contributed by atoms with Crippen molar-refractivity contribution in [3.05, 3.63) is 11.1 Å². The molecule has 1 atom stereocenters. The quantitative estimate of drug-likeness (QED) is 0.408. The molecule has 0 saturated carbocycles. The zero-order valence-electron chi connectivity index (χ0n) is 14.9. The Morgan fingerprint density at radius 3 is 1.75 bits per heavy atom. The Kier molecular flexibility index (Phi) is 7.92. The van der Waals surface area contributed by atoms with E-state index >= 15 is 0 Å². The Bertz CT molecular complexity index is 295. The topological polar surface area (TPSA) is 0 Å². The molecule has 0 aliphatic heterocycles. The highest BCUT2D eigenvalue weighted by atomic mass is 14.3. The Morgan fingerprint density at radius 1 is 0.750 bits per heavy atom. The van der Waals surface area contributed by atoms with Gasteiger partial charge in [0.1, 0.15) is 0 Å². The van der Waals surface area contributed by atoms with E-state index in [9.17, 15) is 0 Å². The molecular formula is C20H38. The standard InChI is InChI=1S/C20H38/c1-17-15-13-11-9-7-6-8-10-12-14-16-18(2)20(4,5)19(17)3/h18H,6-16H2,1-5H3. The van der Waals surface area contributed by atoms with Gasteiger partial charge in [-0.25, -0.2) is 0 Å². The van der Waals surface area contributed by atoms with E-state index in [1.165, 1.54) is 70.6 Å². The first-order valence-corrected chi connectivity index (χ1v) is 9.13. The zero-order chi connectivity index (χ0) is 15.0. The molecule has 0 saturated heterocycles. The highest BCUT2D eigenvalue weighted by Gasteiger charge is 2.28. The van der Waals surface area contributed by atoms with Crippen LogP contribution in [0.4, 0.5) is 0 Å². The summed E-state index contributed by atoms with van der Waals surface area (Å²) in [6.45, 7) is 12.2. The van der Waals surface area contributed by atoms with Crippen molar-refractivity contribution in [2.45, 2.75) is 105 Å². The molecule has 0 spiro atoms. The first-order valence-electron chi connectivity index (χ1n) is 9.13. The van der Waals surface area contributed by atoms with Crippen LogP contribution in [-0.2, 0) is 0 Å². The van der Waals surface area contributed by atoms with E-state index in [2.05, 4.69) is 34.6 Å². The summed E-state index contributed by atoms with van der Waals surface area (Å²) < 4.78 is 0. The fourth-order valence-corrected chi connectivity index (χ4v) is 3.55. The van der Waals surface area contributed by atoms with Gasteiger partial charge in [-0.15, -0.1) is 0 Å². The monoisotopic (exact) mass is 278 g/mol. The summed E-state index contributed by atoms with van der Waals surface area (Å²) in [6.07, 6.45) is 15.7. The van der Waals surface area contributed by atoms with E-state index in [1.54, 1.807) is 11.1 Å². The van der Waals surface area contributed by atoms with Gasteiger partial charge in [0.25, 0.3) is 0 Å². The molecule has 0 heteroatoms. The summed E-state index contributed by atoms with van der Waals surface area (Å²) in [5.41, 5.74) is 3.71. The van der Waals surface area contributed by atoms with Crippen LogP contribution in [0, 0.1) is 11.3 Å². The lowest BCUT2D eigenvalue weighted by Crippen LogP contribution is -2.24. The molecule has 0 nitrogen and oxygen atoms in total. The van der Waals surface area contributed by atoms with E-state index < -0.39 is 0 Å². The minimum Gasteiger partial charge on any atom is -0.0738 e. The summed E-state index contributed by atoms with van der Waals surface area (Å²) in [6, 6.07) is 0. The molecule has 0 bridgehead atoms. The van der Waals surface area contributed by atoms with Gasteiger partial charge < -0.3 is 0 Å². The number of hydrogen-bond donors (Lipinski definition) is 0. The van der Waals surface area contributed by atoms with Crippen molar-refractivity contribution >= 4 is 0 Å². The molecule has 1 rings (SSSR count). The lowest BCUT2D eigenvalue weighted by Gasteiger charge is -2.35. The third-order valence-electron chi connectivity index (χ3n) is 6.03. The molecule has 0 N–H and O–H groups in total. The summed E-state index contributed by atoms with van der Waals surface area (Å²) in [5.74, 6) is 0.808. The van der Waals surface area contributed by atoms with Crippen LogP contribution in [0.2, 0.25) is 0 Å². The maximum atomic E-state index is 2.47. The van der Waals surface area contributed by atoms with Crippen LogP contribution in [-0.4, -0.2) is 0 Å². The SMILES string of the molecule is CC1=C(C)C(C)(C)C(C)CCCCCCCCCCC1. The Balaban J connectivity index is 2.70. The van der Waals surface area contributed by atoms with Crippen LogP contribution in [0.25, 0.3) is 0 Å². The molecule has 1 aliphatic carbocycles. The Labute approximate surface area is 128 Å². The van der Waals surface area contributed by atoms with Crippen LogP contribution in [0.5, 0.6) is 0 Å². The normalized spacial score (nSPS) is 27.8. The summed E-state index contributed by atoms with van der Waals surface area (Å²) in [7, 11) is 0. The maximum Gasteiger partial charge on any atom is -0.0119 e. The third kappa shape index (κ3) is 5.62. The molecule has 0 aromatic heterocycles. The van der Waals surface area contributed by atoms with Gasteiger partial charge in [-0.1, -0.05) is 83.3 Å². The lowest BCUT2D eigenvalue weighted by atomic mass is 9.70. The second-order valence-electron chi connectivity index (χ2n) is 7.75. The maximum absolute atomic E-state index is 2.47. The fraction of sp³-hybridized carbons (Fsp3) is 0.900. The average molecular weight is 279 g/mol. The molecule has 0 fully saturated rings. The molecule has 0 amide bonds. The predicted octanol–water partition coefficient (Wildman–Crippen LogP) is 7.29. The smallest absolute Gasteiger partial charge is 0.0119 e. The second kappa shape index (κ2) is 8.90. The highest BCUT2D eigenvalue weighted by molar-refractivity contribution is 5.18. The zero-order valence-corrected chi connectivity index (χ0v) is 14.9. The molecule has 0 aromatic rings. The van der Waals surface area contributed by atoms with Gasteiger partial charge in [-0.3, -0.25) is 0 Å². The summed E-state index contributed by atoms with van der Waals surface area (Å²) in [5, 5.41) is 0. The van der Waals surface area contributed by atoms with Crippen LogP contribution < -0.4 is 0 Å². The van der Waals surface area contributed by atoms with E-state index in [0.717, 1.165) is 5.92 Å². The van der Waals surface area contributed by atoms with E-state index in [-0.39, 0.29) is 0 Å². The molecule has 1 aliphatic rings. The van der Waals surface area contributed by atoms with E-state index in [4.69, 9.17) is 0 Å². The molecule has 20 heavy (non-hydrogen) atoms. The van der Waals surface area contributed by atoms with E-state index in [1.807, 2.05) is 0 Å². The van der Waals surface area contributed by atoms with Gasteiger partial charge in [0.15, 0.2) is 0 Å². The van der Waals surface area contributed by atoms with Gasteiger partial charge in [0.2, 0.25) is 0 Å². The lowest BCUT2D eigenvalue weighted by molar-refractivity contribution is 0.260. The van der Waals surface area contributed by atoms with Crippen LogP contribution in [0.3, 0.4) is 0 Å². The van der Waals surface area contributed by atoms with Crippen molar-refractivity contribution in [1.82, 2.24) is 0 Å². The third-order valence-corrected chi connectivity index (χ3v) is 6.03. The van der Waals surface area contributed by atoms with Crippen molar-refractivity contribution in [3.8, 4) is 0 Å². The van der Waals surface area contributed by atoms with Crippen LogP contribution in [0.1, 0.15) is 105 Å². The highest BCUT2D eigenvalue weighted by Crippen LogP contribution is 2.40. The molecule has 0 aromatic carbocycles. The molecular weight excluding hydrogens is 240 g/mol. The van der Waals surface area contributed by atoms with Crippen molar-refractivity contribution in [2.24, 2.45) is 11.3 Å². The van der Waals surface area contributed by atoms with Crippen molar-refractivity contribution in [2.75, 3.05) is 0 Å². The largest absolute Gasteiger partial charge is 0.0738 e. The second-order valence-corrected chi connectivity index (χ2v) is 7.75. The van der Waals surface area contributed by atoms with Crippen LogP contribution in [0.15, 0.2) is 11.1 Å². The van der Waals surface area contributed by atoms with Gasteiger partial charge in [0.05, 0.1) is 0 Å². The fourth-order valence-electron chi connectivity index (χ4n) is 3.55. The van der Waals surface area contributed by atoms with Gasteiger partial charge in [-0.05, 0) is 44.4 Å². The molecule has 0 radical (unpaired) electrons. The Morgan fingerprint density at radius 2 is 1.20 bits per heavy atom.